The molecule has 21 heavy (non-hydrogen) atoms. The van der Waals surface area contributed by atoms with Crippen molar-refractivity contribution in [2.75, 3.05) is 24.3 Å². The minimum atomic E-state index is -0.184. The van der Waals surface area contributed by atoms with Crippen LogP contribution in [0.2, 0.25) is 0 Å². The van der Waals surface area contributed by atoms with Gasteiger partial charge in [-0.3, -0.25) is 4.79 Å². The van der Waals surface area contributed by atoms with Gasteiger partial charge in [0.25, 0.3) is 5.91 Å². The summed E-state index contributed by atoms with van der Waals surface area (Å²) in [7, 11) is 1.79. The van der Waals surface area contributed by atoms with E-state index in [1.54, 1.807) is 37.5 Å². The lowest BCUT2D eigenvalue weighted by Crippen LogP contribution is -2.12. The lowest BCUT2D eigenvalue weighted by atomic mass is 10.2. The number of nitrogens with one attached hydrogen (secondary N) is 2. The molecule has 5 nitrogen and oxygen atoms in total. The van der Waals surface area contributed by atoms with Crippen molar-refractivity contribution in [1.82, 2.24) is 4.98 Å². The minimum absolute atomic E-state index is 0.184. The average Bonchev–Trinajstić information content (AvgIpc) is 2.54. The van der Waals surface area contributed by atoms with E-state index in [4.69, 9.17) is 4.74 Å². The first-order valence-electron chi connectivity index (χ1n) is 6.91. The number of rotatable bonds is 6. The van der Waals surface area contributed by atoms with Crippen molar-refractivity contribution in [3.05, 3.63) is 48.2 Å². The summed E-state index contributed by atoms with van der Waals surface area (Å²) in [6, 6.07) is 10.7. The predicted octanol–water partition coefficient (Wildman–Crippen LogP) is 3.16. The first kappa shape index (κ1) is 14.8. The van der Waals surface area contributed by atoms with Crippen molar-refractivity contribution < 1.29 is 9.53 Å². The first-order chi connectivity index (χ1) is 10.2. The van der Waals surface area contributed by atoms with Gasteiger partial charge in [0.05, 0.1) is 18.5 Å². The third kappa shape index (κ3) is 4.21. The van der Waals surface area contributed by atoms with Crippen LogP contribution in [0.5, 0.6) is 5.75 Å². The maximum Gasteiger partial charge on any atom is 0.255 e. The molecule has 0 aliphatic heterocycles. The molecule has 0 fully saturated rings. The van der Waals surface area contributed by atoms with Gasteiger partial charge in [-0.2, -0.15) is 0 Å². The zero-order valence-electron chi connectivity index (χ0n) is 12.2. The molecule has 0 aliphatic carbocycles. The highest BCUT2D eigenvalue weighted by molar-refractivity contribution is 6.04. The van der Waals surface area contributed by atoms with Gasteiger partial charge in [0.15, 0.2) is 0 Å². The van der Waals surface area contributed by atoms with Crippen LogP contribution < -0.4 is 15.4 Å². The molecule has 1 aromatic heterocycles. The average molecular weight is 285 g/mol. The topological polar surface area (TPSA) is 63.2 Å². The number of nitrogens with zero attached hydrogens (tertiary/aromatic N) is 1. The Balaban J connectivity index is 2.05. The molecule has 0 saturated carbocycles. The summed E-state index contributed by atoms with van der Waals surface area (Å²) >= 11 is 0. The number of amides is 1. The summed E-state index contributed by atoms with van der Waals surface area (Å²) in [6.45, 7) is 2.68. The Morgan fingerprint density at radius 2 is 2.14 bits per heavy atom. The second kappa shape index (κ2) is 7.28. The van der Waals surface area contributed by atoms with E-state index in [1.165, 1.54) is 0 Å². The Morgan fingerprint density at radius 1 is 1.29 bits per heavy atom. The first-order valence-corrected chi connectivity index (χ1v) is 6.91. The van der Waals surface area contributed by atoms with Gasteiger partial charge in [-0.05, 0) is 36.8 Å². The van der Waals surface area contributed by atoms with Gasteiger partial charge in [-0.25, -0.2) is 4.98 Å². The summed E-state index contributed by atoms with van der Waals surface area (Å²) in [4.78, 5) is 16.3. The fraction of sp³-hybridized carbons (Fsp3) is 0.250. The predicted molar refractivity (Wildman–Crippen MR) is 84.0 cm³/mol. The molecule has 0 radical (unpaired) electrons. The zero-order valence-corrected chi connectivity index (χ0v) is 12.2. The van der Waals surface area contributed by atoms with Crippen LogP contribution >= 0.6 is 0 Å². The molecule has 0 atom stereocenters. The molecule has 5 heteroatoms. The summed E-state index contributed by atoms with van der Waals surface area (Å²) in [5.74, 6) is 1.27. The van der Waals surface area contributed by atoms with Crippen LogP contribution in [0.3, 0.4) is 0 Å². The van der Waals surface area contributed by atoms with Crippen LogP contribution in [0.4, 0.5) is 11.5 Å². The van der Waals surface area contributed by atoms with Crippen molar-refractivity contribution in [2.45, 2.75) is 13.3 Å². The number of carbonyl (C=O) groups is 1. The monoisotopic (exact) mass is 285 g/mol. The van der Waals surface area contributed by atoms with Gasteiger partial charge in [0, 0.05) is 12.6 Å². The summed E-state index contributed by atoms with van der Waals surface area (Å²) < 4.78 is 5.53. The summed E-state index contributed by atoms with van der Waals surface area (Å²) in [5.41, 5.74) is 1.21. The molecule has 2 aromatic rings. The Morgan fingerprint density at radius 3 is 2.81 bits per heavy atom. The lowest BCUT2D eigenvalue weighted by Gasteiger charge is -2.08. The standard InChI is InChI=1S/C16H19N3O2/c1-3-9-21-14-6-4-5-12(10-14)16(20)19-13-7-8-15(17-2)18-11-13/h4-8,10-11H,3,9H2,1-2H3,(H,17,18)(H,19,20). The smallest absolute Gasteiger partial charge is 0.255 e. The summed E-state index contributed by atoms with van der Waals surface area (Å²) in [6.07, 6.45) is 2.54. The summed E-state index contributed by atoms with van der Waals surface area (Å²) in [5, 5.41) is 5.73. The minimum Gasteiger partial charge on any atom is -0.494 e. The molecule has 0 spiro atoms. The molecular weight excluding hydrogens is 266 g/mol. The van der Waals surface area contributed by atoms with Gasteiger partial charge in [0.1, 0.15) is 11.6 Å². The highest BCUT2D eigenvalue weighted by Crippen LogP contribution is 2.16. The molecule has 1 aromatic carbocycles. The molecule has 2 rings (SSSR count). The second-order valence-electron chi connectivity index (χ2n) is 4.51. The number of pyridine rings is 1. The van der Waals surface area contributed by atoms with Gasteiger partial charge in [-0.1, -0.05) is 13.0 Å². The maximum absolute atomic E-state index is 12.2. The van der Waals surface area contributed by atoms with Crippen molar-refractivity contribution in [2.24, 2.45) is 0 Å². The van der Waals surface area contributed by atoms with E-state index in [2.05, 4.69) is 15.6 Å². The van der Waals surface area contributed by atoms with E-state index in [-0.39, 0.29) is 5.91 Å². The van der Waals surface area contributed by atoms with Crippen LogP contribution in [-0.4, -0.2) is 24.5 Å². The molecule has 1 amide bonds. The van der Waals surface area contributed by atoms with E-state index < -0.39 is 0 Å². The third-order valence-electron chi connectivity index (χ3n) is 2.85. The van der Waals surface area contributed by atoms with Gasteiger partial charge in [0.2, 0.25) is 0 Å². The molecular formula is C16H19N3O2. The van der Waals surface area contributed by atoms with E-state index in [9.17, 15) is 4.79 Å². The number of carbonyl (C=O) groups excluding carboxylic acids is 1. The molecule has 0 unspecified atom stereocenters. The molecule has 0 aliphatic rings. The Bertz CT molecular complexity index is 597. The largest absolute Gasteiger partial charge is 0.494 e. The fourth-order valence-electron chi connectivity index (χ4n) is 1.77. The number of benzene rings is 1. The second-order valence-corrected chi connectivity index (χ2v) is 4.51. The van der Waals surface area contributed by atoms with E-state index in [1.807, 2.05) is 19.1 Å². The molecule has 0 saturated heterocycles. The fourth-order valence-corrected chi connectivity index (χ4v) is 1.77. The number of aromatic nitrogens is 1. The Kier molecular flexibility index (Phi) is 5.15. The van der Waals surface area contributed by atoms with E-state index >= 15 is 0 Å². The zero-order chi connectivity index (χ0) is 15.1. The molecule has 110 valence electrons. The molecule has 2 N–H and O–H groups in total. The van der Waals surface area contributed by atoms with Crippen molar-refractivity contribution in [1.29, 1.82) is 0 Å². The van der Waals surface area contributed by atoms with Crippen molar-refractivity contribution >= 4 is 17.4 Å². The highest BCUT2D eigenvalue weighted by Gasteiger charge is 2.07. The van der Waals surface area contributed by atoms with Gasteiger partial charge < -0.3 is 15.4 Å². The van der Waals surface area contributed by atoms with Crippen LogP contribution in [0.25, 0.3) is 0 Å². The van der Waals surface area contributed by atoms with Gasteiger partial charge >= 0.3 is 0 Å². The SMILES string of the molecule is CCCOc1cccc(C(=O)Nc2ccc(NC)nc2)c1. The van der Waals surface area contributed by atoms with E-state index in [0.717, 1.165) is 12.2 Å². The number of anilines is 2. The maximum atomic E-state index is 12.2. The van der Waals surface area contributed by atoms with Crippen LogP contribution in [0.15, 0.2) is 42.6 Å². The molecule has 1 heterocycles. The van der Waals surface area contributed by atoms with Gasteiger partial charge in [-0.15, -0.1) is 0 Å². The third-order valence-corrected chi connectivity index (χ3v) is 2.85. The quantitative estimate of drug-likeness (QED) is 0.855. The lowest BCUT2D eigenvalue weighted by molar-refractivity contribution is 0.102. The highest BCUT2D eigenvalue weighted by atomic mass is 16.5. The van der Waals surface area contributed by atoms with Crippen molar-refractivity contribution in [3.8, 4) is 5.75 Å². The van der Waals surface area contributed by atoms with Crippen molar-refractivity contribution in [3.63, 3.8) is 0 Å². The van der Waals surface area contributed by atoms with E-state index in [0.29, 0.717) is 23.6 Å². The molecule has 0 bridgehead atoms. The Labute approximate surface area is 124 Å². The normalized spacial score (nSPS) is 10.0. The number of ether oxygens (including phenoxy) is 1. The van der Waals surface area contributed by atoms with Crippen LogP contribution in [0.1, 0.15) is 23.7 Å². The van der Waals surface area contributed by atoms with Crippen LogP contribution in [-0.2, 0) is 0 Å². The van der Waals surface area contributed by atoms with Crippen LogP contribution in [0, 0.1) is 0 Å². The Hall–Kier alpha value is -2.56. The number of hydrogen-bond acceptors (Lipinski definition) is 4. The number of hydrogen-bond donors (Lipinski definition) is 2.